The second kappa shape index (κ2) is 5.14. The van der Waals surface area contributed by atoms with Gasteiger partial charge in [-0.2, -0.15) is 0 Å². The molecule has 2 aromatic rings. The van der Waals surface area contributed by atoms with Crippen LogP contribution in [-0.4, -0.2) is 21.1 Å². The number of aldehydes is 1. The molecule has 0 aliphatic heterocycles. The predicted molar refractivity (Wildman–Crippen MR) is 81.2 cm³/mol. The Labute approximate surface area is 131 Å². The molecule has 2 fully saturated rings. The highest BCUT2D eigenvalue weighted by Gasteiger charge is 2.36. The number of hydrogen-bond acceptors (Lipinski definition) is 4. The van der Waals surface area contributed by atoms with Crippen molar-refractivity contribution in [1.82, 2.24) is 14.8 Å². The van der Waals surface area contributed by atoms with E-state index in [1.807, 2.05) is 12.1 Å². The Morgan fingerprint density at radius 2 is 2.05 bits per heavy atom. The highest BCUT2D eigenvalue weighted by Crippen LogP contribution is 2.47. The van der Waals surface area contributed by atoms with Crippen LogP contribution in [-0.2, 0) is 0 Å². The maximum absolute atomic E-state index is 11.3. The van der Waals surface area contributed by atoms with Gasteiger partial charge in [-0.1, -0.05) is 17.7 Å². The summed E-state index contributed by atoms with van der Waals surface area (Å²) >= 11 is 7.58. The average Bonchev–Trinajstić information content (AvgIpc) is 3.39. The zero-order valence-electron chi connectivity index (χ0n) is 11.3. The van der Waals surface area contributed by atoms with Crippen molar-refractivity contribution in [2.45, 2.75) is 47.7 Å². The molecule has 1 heterocycles. The zero-order valence-corrected chi connectivity index (χ0v) is 12.9. The smallest absolute Gasteiger partial charge is 0.196 e. The van der Waals surface area contributed by atoms with Gasteiger partial charge in [-0.05, 0) is 49.6 Å². The van der Waals surface area contributed by atoms with Gasteiger partial charge < -0.3 is 4.57 Å². The van der Waals surface area contributed by atoms with Gasteiger partial charge in [0.25, 0.3) is 0 Å². The van der Waals surface area contributed by atoms with Crippen LogP contribution in [0.3, 0.4) is 0 Å². The minimum atomic E-state index is 0.481. The standard InChI is InChI=1S/C15H14ClN3OS/c16-12-2-1-3-13(11(12)8-20)21-15-18-17-14(9-4-5-9)19(15)10-6-7-10/h1-3,8-10H,4-7H2. The largest absolute Gasteiger partial charge is 0.302 e. The van der Waals surface area contributed by atoms with E-state index in [1.165, 1.54) is 37.4 Å². The number of benzene rings is 1. The predicted octanol–water partition coefficient (Wildman–Crippen LogP) is 4.11. The van der Waals surface area contributed by atoms with E-state index < -0.39 is 0 Å². The molecule has 4 nitrogen and oxygen atoms in total. The van der Waals surface area contributed by atoms with E-state index in [9.17, 15) is 4.79 Å². The van der Waals surface area contributed by atoms with Gasteiger partial charge in [0.05, 0.1) is 5.02 Å². The summed E-state index contributed by atoms with van der Waals surface area (Å²) in [6, 6.07) is 6.04. The lowest BCUT2D eigenvalue weighted by Crippen LogP contribution is -2.02. The highest BCUT2D eigenvalue weighted by molar-refractivity contribution is 7.99. The summed E-state index contributed by atoms with van der Waals surface area (Å²) in [6.07, 6.45) is 5.63. The Kier molecular flexibility index (Phi) is 3.27. The summed E-state index contributed by atoms with van der Waals surface area (Å²) in [6.45, 7) is 0. The van der Waals surface area contributed by atoms with Crippen LogP contribution in [0.25, 0.3) is 0 Å². The fraction of sp³-hybridized carbons (Fsp3) is 0.400. The quantitative estimate of drug-likeness (QED) is 0.778. The number of nitrogens with zero attached hydrogens (tertiary/aromatic N) is 3. The molecular formula is C15H14ClN3OS. The maximum atomic E-state index is 11.3. The van der Waals surface area contributed by atoms with Crippen molar-refractivity contribution >= 4 is 29.6 Å². The topological polar surface area (TPSA) is 47.8 Å². The fourth-order valence-electron chi connectivity index (χ4n) is 2.47. The maximum Gasteiger partial charge on any atom is 0.196 e. The number of halogens is 1. The number of aromatic nitrogens is 3. The molecule has 108 valence electrons. The lowest BCUT2D eigenvalue weighted by atomic mass is 10.2. The molecule has 0 atom stereocenters. The second-order valence-electron chi connectivity index (χ2n) is 5.59. The first kappa shape index (κ1) is 13.3. The third kappa shape index (κ3) is 2.49. The second-order valence-corrected chi connectivity index (χ2v) is 7.00. The van der Waals surface area contributed by atoms with Gasteiger partial charge in [0.2, 0.25) is 0 Å². The number of carbonyl (C=O) groups is 1. The van der Waals surface area contributed by atoms with E-state index in [0.29, 0.717) is 22.5 Å². The monoisotopic (exact) mass is 319 g/mol. The van der Waals surface area contributed by atoms with Crippen molar-refractivity contribution in [3.8, 4) is 0 Å². The minimum Gasteiger partial charge on any atom is -0.302 e. The first-order valence-corrected chi connectivity index (χ1v) is 8.33. The Morgan fingerprint density at radius 1 is 1.24 bits per heavy atom. The Balaban J connectivity index is 1.71. The molecule has 0 saturated heterocycles. The van der Waals surface area contributed by atoms with Crippen molar-refractivity contribution in [1.29, 1.82) is 0 Å². The summed E-state index contributed by atoms with van der Waals surface area (Å²) in [4.78, 5) is 12.1. The van der Waals surface area contributed by atoms with Crippen LogP contribution >= 0.6 is 23.4 Å². The van der Waals surface area contributed by atoms with Crippen LogP contribution in [0.2, 0.25) is 5.02 Å². The molecule has 1 aromatic carbocycles. The lowest BCUT2D eigenvalue weighted by Gasteiger charge is -2.09. The lowest BCUT2D eigenvalue weighted by molar-refractivity contribution is 0.112. The normalized spacial score (nSPS) is 18.0. The number of rotatable bonds is 5. The molecule has 21 heavy (non-hydrogen) atoms. The first-order chi connectivity index (χ1) is 10.3. The van der Waals surface area contributed by atoms with Crippen molar-refractivity contribution in [2.24, 2.45) is 0 Å². The molecule has 0 radical (unpaired) electrons. The highest BCUT2D eigenvalue weighted by atomic mass is 35.5. The van der Waals surface area contributed by atoms with E-state index >= 15 is 0 Å². The van der Waals surface area contributed by atoms with Crippen LogP contribution in [0, 0.1) is 0 Å². The Bertz CT molecular complexity index is 707. The van der Waals surface area contributed by atoms with Crippen LogP contribution in [0.5, 0.6) is 0 Å². The molecule has 2 saturated carbocycles. The molecule has 0 bridgehead atoms. The molecular weight excluding hydrogens is 306 g/mol. The van der Waals surface area contributed by atoms with Crippen molar-refractivity contribution < 1.29 is 4.79 Å². The summed E-state index contributed by atoms with van der Waals surface area (Å²) in [5, 5.41) is 10.1. The third-order valence-electron chi connectivity index (χ3n) is 3.88. The van der Waals surface area contributed by atoms with Gasteiger partial charge in [-0.3, -0.25) is 4.79 Å². The average molecular weight is 320 g/mol. The Hall–Kier alpha value is -1.33. The van der Waals surface area contributed by atoms with E-state index in [0.717, 1.165) is 22.2 Å². The molecule has 0 spiro atoms. The molecule has 0 unspecified atom stereocenters. The van der Waals surface area contributed by atoms with E-state index in [2.05, 4.69) is 14.8 Å². The van der Waals surface area contributed by atoms with Crippen molar-refractivity contribution in [3.63, 3.8) is 0 Å². The third-order valence-corrected chi connectivity index (χ3v) is 5.24. The van der Waals surface area contributed by atoms with E-state index in [1.54, 1.807) is 6.07 Å². The van der Waals surface area contributed by atoms with Crippen LogP contribution < -0.4 is 0 Å². The summed E-state index contributed by atoms with van der Waals surface area (Å²) in [7, 11) is 0. The molecule has 6 heteroatoms. The summed E-state index contributed by atoms with van der Waals surface area (Å²) in [5.41, 5.74) is 0.530. The number of hydrogen-bond donors (Lipinski definition) is 0. The van der Waals surface area contributed by atoms with Gasteiger partial charge in [-0.15, -0.1) is 10.2 Å². The van der Waals surface area contributed by atoms with E-state index in [-0.39, 0.29) is 0 Å². The molecule has 1 aromatic heterocycles. The molecule has 4 rings (SSSR count). The summed E-state index contributed by atoms with van der Waals surface area (Å²) < 4.78 is 2.28. The van der Waals surface area contributed by atoms with Crippen LogP contribution in [0.1, 0.15) is 53.8 Å². The van der Waals surface area contributed by atoms with Crippen LogP contribution in [0.4, 0.5) is 0 Å². The van der Waals surface area contributed by atoms with Gasteiger partial charge >= 0.3 is 0 Å². The van der Waals surface area contributed by atoms with E-state index in [4.69, 9.17) is 11.6 Å². The summed E-state index contributed by atoms with van der Waals surface area (Å²) in [5.74, 6) is 1.70. The molecule has 2 aliphatic rings. The van der Waals surface area contributed by atoms with Gasteiger partial charge in [0.15, 0.2) is 11.4 Å². The first-order valence-electron chi connectivity index (χ1n) is 7.14. The molecule has 0 N–H and O–H groups in total. The number of carbonyl (C=O) groups excluding carboxylic acids is 1. The van der Waals surface area contributed by atoms with Crippen molar-refractivity contribution in [2.75, 3.05) is 0 Å². The van der Waals surface area contributed by atoms with Gasteiger partial charge in [-0.25, -0.2) is 0 Å². The molecule has 2 aliphatic carbocycles. The molecule has 0 amide bonds. The zero-order chi connectivity index (χ0) is 14.4. The van der Waals surface area contributed by atoms with Gasteiger partial charge in [0, 0.05) is 22.4 Å². The SMILES string of the molecule is O=Cc1c(Cl)cccc1Sc1nnc(C2CC2)n1C1CC1. The minimum absolute atomic E-state index is 0.481. The van der Waals surface area contributed by atoms with Crippen molar-refractivity contribution in [3.05, 3.63) is 34.6 Å². The Morgan fingerprint density at radius 3 is 2.71 bits per heavy atom. The van der Waals surface area contributed by atoms with Crippen LogP contribution in [0.15, 0.2) is 28.3 Å². The van der Waals surface area contributed by atoms with Gasteiger partial charge in [0.1, 0.15) is 5.82 Å². The fourth-order valence-corrected chi connectivity index (χ4v) is 3.78.